The van der Waals surface area contributed by atoms with E-state index >= 15 is 0 Å². The van der Waals surface area contributed by atoms with Gasteiger partial charge in [-0.15, -0.1) is 11.3 Å². The maximum atomic E-state index is 10.3. The topological polar surface area (TPSA) is 59.1 Å². The van der Waals surface area contributed by atoms with Gasteiger partial charge in [-0.25, -0.2) is 4.98 Å². The number of nitrogens with zero attached hydrogens (tertiary/aromatic N) is 1. The number of hydrogen-bond donors (Lipinski definition) is 2. The third-order valence-electron chi connectivity index (χ3n) is 3.31. The van der Waals surface area contributed by atoms with Crippen LogP contribution in [0.25, 0.3) is 11.3 Å². The van der Waals surface area contributed by atoms with Crippen molar-refractivity contribution in [3.05, 3.63) is 70.5 Å². The molecule has 0 saturated carbocycles. The molecule has 0 aliphatic heterocycles. The van der Waals surface area contributed by atoms with Crippen molar-refractivity contribution in [3.8, 4) is 11.3 Å². The van der Waals surface area contributed by atoms with Gasteiger partial charge in [-0.3, -0.25) is 0 Å². The summed E-state index contributed by atoms with van der Waals surface area (Å²) in [5.74, 6) is 0. The summed E-state index contributed by atoms with van der Waals surface area (Å²) in [4.78, 5) is 4.60. The summed E-state index contributed by atoms with van der Waals surface area (Å²) in [5, 5.41) is 13.2. The van der Waals surface area contributed by atoms with E-state index in [1.807, 2.05) is 47.8 Å². The number of nitrogens with two attached hydrogens (primary N) is 1. The highest BCUT2D eigenvalue weighted by Crippen LogP contribution is 2.25. The van der Waals surface area contributed by atoms with Crippen LogP contribution in [0.3, 0.4) is 0 Å². The first-order valence-electron chi connectivity index (χ1n) is 6.76. The molecule has 0 radical (unpaired) electrons. The molecule has 0 aliphatic carbocycles. The first-order chi connectivity index (χ1) is 10.2. The van der Waals surface area contributed by atoms with Gasteiger partial charge in [-0.2, -0.15) is 0 Å². The van der Waals surface area contributed by atoms with Gasteiger partial charge in [-0.05, 0) is 17.7 Å². The number of hydrogen-bond acceptors (Lipinski definition) is 4. The van der Waals surface area contributed by atoms with E-state index in [0.29, 0.717) is 12.1 Å². The van der Waals surface area contributed by atoms with Crippen molar-refractivity contribution in [1.29, 1.82) is 0 Å². The number of nitrogen functional groups attached to an aromatic ring is 1. The molecule has 3 rings (SSSR count). The molecular weight excluding hydrogens is 280 g/mol. The average molecular weight is 296 g/mol. The van der Waals surface area contributed by atoms with Crippen LogP contribution in [0.1, 0.15) is 16.7 Å². The molecule has 4 heteroatoms. The Balaban J connectivity index is 1.74. The molecule has 21 heavy (non-hydrogen) atoms. The number of aliphatic hydroxyl groups excluding tert-OH is 1. The molecule has 3 nitrogen and oxygen atoms in total. The number of anilines is 1. The van der Waals surface area contributed by atoms with Crippen molar-refractivity contribution in [2.75, 3.05) is 5.73 Å². The van der Waals surface area contributed by atoms with Crippen LogP contribution in [0.4, 0.5) is 5.69 Å². The molecule has 0 fully saturated rings. The molecule has 0 bridgehead atoms. The Morgan fingerprint density at radius 1 is 1.05 bits per heavy atom. The van der Waals surface area contributed by atoms with E-state index in [1.165, 1.54) is 0 Å². The normalized spacial score (nSPS) is 12.2. The highest BCUT2D eigenvalue weighted by molar-refractivity contribution is 7.09. The maximum absolute atomic E-state index is 10.3. The minimum absolute atomic E-state index is 0.515. The van der Waals surface area contributed by atoms with Crippen LogP contribution in [0, 0.1) is 0 Å². The predicted octanol–water partition coefficient (Wildman–Crippen LogP) is 3.67. The molecule has 2 aromatic carbocycles. The van der Waals surface area contributed by atoms with Crippen LogP contribution < -0.4 is 5.73 Å². The number of aromatic nitrogens is 1. The zero-order valence-corrected chi connectivity index (χ0v) is 12.3. The summed E-state index contributed by atoms with van der Waals surface area (Å²) in [6, 6.07) is 17.4. The van der Waals surface area contributed by atoms with Gasteiger partial charge in [0.1, 0.15) is 0 Å². The minimum atomic E-state index is -0.555. The van der Waals surface area contributed by atoms with E-state index < -0.39 is 6.10 Å². The molecule has 0 amide bonds. The molecule has 0 saturated heterocycles. The smallest absolute Gasteiger partial charge is 0.0961 e. The standard InChI is InChI=1S/C17H16N2OS/c18-14-8-6-13(7-9-14)16(20)10-17-19-15(11-21-17)12-4-2-1-3-5-12/h1-9,11,16,20H,10,18H2. The van der Waals surface area contributed by atoms with Gasteiger partial charge in [0.05, 0.1) is 16.8 Å². The third kappa shape index (κ3) is 3.29. The first-order valence-corrected chi connectivity index (χ1v) is 7.63. The number of thiazole rings is 1. The van der Waals surface area contributed by atoms with Gasteiger partial charge in [-0.1, -0.05) is 42.5 Å². The first kappa shape index (κ1) is 13.8. The minimum Gasteiger partial charge on any atom is -0.399 e. The summed E-state index contributed by atoms with van der Waals surface area (Å²) >= 11 is 1.57. The molecule has 0 spiro atoms. The number of rotatable bonds is 4. The SMILES string of the molecule is Nc1ccc(C(O)Cc2nc(-c3ccccc3)cs2)cc1. The Labute approximate surface area is 127 Å². The number of benzene rings is 2. The van der Waals surface area contributed by atoms with E-state index in [1.54, 1.807) is 23.5 Å². The Bertz CT molecular complexity index is 707. The average Bonchev–Trinajstić information content (AvgIpc) is 2.97. The maximum Gasteiger partial charge on any atom is 0.0961 e. The molecule has 0 aliphatic rings. The predicted molar refractivity (Wildman–Crippen MR) is 87.1 cm³/mol. The van der Waals surface area contributed by atoms with Crippen molar-refractivity contribution < 1.29 is 5.11 Å². The second-order valence-corrected chi connectivity index (χ2v) is 5.82. The zero-order valence-electron chi connectivity index (χ0n) is 11.4. The van der Waals surface area contributed by atoms with Crippen molar-refractivity contribution in [2.45, 2.75) is 12.5 Å². The van der Waals surface area contributed by atoms with E-state index in [-0.39, 0.29) is 0 Å². The van der Waals surface area contributed by atoms with E-state index in [4.69, 9.17) is 5.73 Å². The second kappa shape index (κ2) is 6.08. The molecule has 1 heterocycles. The largest absolute Gasteiger partial charge is 0.399 e. The van der Waals surface area contributed by atoms with Crippen molar-refractivity contribution in [1.82, 2.24) is 4.98 Å². The van der Waals surface area contributed by atoms with E-state index in [9.17, 15) is 5.11 Å². The van der Waals surface area contributed by atoms with Gasteiger partial charge >= 0.3 is 0 Å². The lowest BCUT2D eigenvalue weighted by molar-refractivity contribution is 0.178. The van der Waals surface area contributed by atoms with Crippen LogP contribution in [0.2, 0.25) is 0 Å². The Morgan fingerprint density at radius 3 is 2.48 bits per heavy atom. The summed E-state index contributed by atoms with van der Waals surface area (Å²) in [7, 11) is 0. The lowest BCUT2D eigenvalue weighted by atomic mass is 10.1. The molecular formula is C17H16N2OS. The molecule has 106 valence electrons. The van der Waals surface area contributed by atoms with Gasteiger partial charge in [0.15, 0.2) is 0 Å². The lowest BCUT2D eigenvalue weighted by Crippen LogP contribution is -2.01. The van der Waals surface area contributed by atoms with Gasteiger partial charge < -0.3 is 10.8 Å². The Kier molecular flexibility index (Phi) is 3.99. The fraction of sp³-hybridized carbons (Fsp3) is 0.118. The summed E-state index contributed by atoms with van der Waals surface area (Å²) in [6.45, 7) is 0. The summed E-state index contributed by atoms with van der Waals surface area (Å²) in [6.07, 6.45) is -0.0399. The quantitative estimate of drug-likeness (QED) is 0.722. The molecule has 1 atom stereocenters. The third-order valence-corrected chi connectivity index (χ3v) is 4.18. The molecule has 1 aromatic heterocycles. The zero-order chi connectivity index (χ0) is 14.7. The van der Waals surface area contributed by atoms with Crippen LogP contribution >= 0.6 is 11.3 Å². The summed E-state index contributed by atoms with van der Waals surface area (Å²) < 4.78 is 0. The fourth-order valence-electron chi connectivity index (χ4n) is 2.15. The van der Waals surface area contributed by atoms with Crippen LogP contribution in [-0.4, -0.2) is 10.1 Å². The van der Waals surface area contributed by atoms with Crippen molar-refractivity contribution >= 4 is 17.0 Å². The van der Waals surface area contributed by atoms with E-state index in [2.05, 4.69) is 4.98 Å². The Morgan fingerprint density at radius 2 is 1.76 bits per heavy atom. The second-order valence-electron chi connectivity index (χ2n) is 4.88. The molecule has 3 N–H and O–H groups in total. The summed E-state index contributed by atoms with van der Waals surface area (Å²) in [5.41, 5.74) is 9.27. The van der Waals surface area contributed by atoms with E-state index in [0.717, 1.165) is 21.8 Å². The Hall–Kier alpha value is -2.17. The highest BCUT2D eigenvalue weighted by atomic mass is 32.1. The number of aliphatic hydroxyl groups is 1. The van der Waals surface area contributed by atoms with Gasteiger partial charge in [0.2, 0.25) is 0 Å². The molecule has 1 unspecified atom stereocenters. The van der Waals surface area contributed by atoms with Crippen molar-refractivity contribution in [2.24, 2.45) is 0 Å². The van der Waals surface area contributed by atoms with Crippen LogP contribution in [0.5, 0.6) is 0 Å². The monoisotopic (exact) mass is 296 g/mol. The van der Waals surface area contributed by atoms with Crippen molar-refractivity contribution in [3.63, 3.8) is 0 Å². The van der Waals surface area contributed by atoms with Gasteiger partial charge in [0, 0.05) is 23.1 Å². The van der Waals surface area contributed by atoms with Crippen LogP contribution in [0.15, 0.2) is 60.0 Å². The van der Waals surface area contributed by atoms with Gasteiger partial charge in [0.25, 0.3) is 0 Å². The fourth-order valence-corrected chi connectivity index (χ4v) is 2.99. The van der Waals surface area contributed by atoms with Crippen LogP contribution in [-0.2, 0) is 6.42 Å². The lowest BCUT2D eigenvalue weighted by Gasteiger charge is -2.09. The highest BCUT2D eigenvalue weighted by Gasteiger charge is 2.12. The molecule has 3 aromatic rings.